The number of nitrogens with zero attached hydrogens (tertiary/aromatic N) is 5. The highest BCUT2D eigenvalue weighted by Gasteiger charge is 2.35. The number of H-pyrrole nitrogens is 1. The zero-order valence-electron chi connectivity index (χ0n) is 12.1. The third kappa shape index (κ3) is 3.10. The molecule has 2 aromatic heterocycles. The van der Waals surface area contributed by atoms with Crippen LogP contribution in [-0.4, -0.2) is 46.3 Å². The molecule has 1 aliphatic rings. The summed E-state index contributed by atoms with van der Waals surface area (Å²) in [4.78, 5) is 22.2. The Kier molecular flexibility index (Phi) is 3.66. The van der Waals surface area contributed by atoms with Gasteiger partial charge in [0.25, 0.3) is 5.56 Å². The molecule has 23 heavy (non-hydrogen) atoms. The first kappa shape index (κ1) is 15.3. The second-order valence-corrected chi connectivity index (χ2v) is 5.21. The van der Waals surface area contributed by atoms with Crippen molar-refractivity contribution in [3.63, 3.8) is 0 Å². The summed E-state index contributed by atoms with van der Waals surface area (Å²) in [5.41, 5.74) is -0.604. The van der Waals surface area contributed by atoms with Crippen LogP contribution in [0.15, 0.2) is 29.3 Å². The number of rotatable bonds is 3. The first-order valence-electron chi connectivity index (χ1n) is 6.77. The topological polar surface area (TPSA) is 78.0 Å². The number of halogens is 3. The Morgan fingerprint density at radius 1 is 1.39 bits per heavy atom. The maximum Gasteiger partial charge on any atom is 0.433 e. The second kappa shape index (κ2) is 5.52. The maximum atomic E-state index is 12.7. The summed E-state index contributed by atoms with van der Waals surface area (Å²) in [5, 5.41) is 6.00. The fraction of sp³-hybridized carbons (Fsp3) is 0.385. The third-order valence-corrected chi connectivity index (χ3v) is 3.67. The summed E-state index contributed by atoms with van der Waals surface area (Å²) in [6.07, 6.45) is -1.88. The van der Waals surface area contributed by atoms with Gasteiger partial charge in [0, 0.05) is 32.4 Å². The van der Waals surface area contributed by atoms with Gasteiger partial charge in [-0.2, -0.15) is 18.3 Å². The molecule has 10 heteroatoms. The molecule has 1 aliphatic heterocycles. The number of alkyl halides is 3. The Labute approximate surface area is 128 Å². The lowest BCUT2D eigenvalue weighted by Crippen LogP contribution is -2.59. The third-order valence-electron chi connectivity index (χ3n) is 3.67. The smallest absolute Gasteiger partial charge is 0.366 e. The van der Waals surface area contributed by atoms with Crippen molar-refractivity contribution in [2.75, 3.05) is 29.9 Å². The van der Waals surface area contributed by atoms with Crippen molar-refractivity contribution in [1.29, 1.82) is 0 Å². The minimum Gasteiger partial charge on any atom is -0.366 e. The molecule has 1 N–H and O–H groups in total. The number of likely N-dealkylation sites (N-methyl/N-ethyl adjacent to an activating group) is 1. The van der Waals surface area contributed by atoms with Gasteiger partial charge in [-0.3, -0.25) is 4.79 Å². The van der Waals surface area contributed by atoms with E-state index in [1.165, 1.54) is 12.3 Å². The summed E-state index contributed by atoms with van der Waals surface area (Å²) in [6, 6.07) is 2.22. The van der Waals surface area contributed by atoms with E-state index in [9.17, 15) is 18.0 Å². The van der Waals surface area contributed by atoms with Crippen molar-refractivity contribution in [2.45, 2.75) is 12.2 Å². The summed E-state index contributed by atoms with van der Waals surface area (Å²) < 4.78 is 38.1. The van der Waals surface area contributed by atoms with Crippen LogP contribution < -0.4 is 15.4 Å². The van der Waals surface area contributed by atoms with Crippen LogP contribution >= 0.6 is 0 Å². The van der Waals surface area contributed by atoms with Gasteiger partial charge in [-0.1, -0.05) is 0 Å². The van der Waals surface area contributed by atoms with Crippen LogP contribution in [0.4, 0.5) is 24.8 Å². The van der Waals surface area contributed by atoms with Gasteiger partial charge in [0.1, 0.15) is 5.69 Å². The van der Waals surface area contributed by atoms with E-state index >= 15 is 0 Å². The number of aromatic nitrogens is 4. The molecule has 0 bridgehead atoms. The molecule has 0 unspecified atom stereocenters. The van der Waals surface area contributed by atoms with E-state index in [1.807, 2.05) is 4.90 Å². The van der Waals surface area contributed by atoms with E-state index in [4.69, 9.17) is 0 Å². The Hall–Kier alpha value is -2.65. The van der Waals surface area contributed by atoms with E-state index in [0.717, 1.165) is 12.3 Å². The SMILES string of the molecule is CN(c1nccc(C(F)(F)F)n1)C1CN(c2cn[nH]c(=O)c2)C1. The molecule has 1 fully saturated rings. The molecule has 0 aromatic carbocycles. The Balaban J connectivity index is 1.69. The molecule has 0 aliphatic carbocycles. The van der Waals surface area contributed by atoms with Crippen molar-refractivity contribution in [2.24, 2.45) is 0 Å². The fourth-order valence-electron chi connectivity index (χ4n) is 2.29. The van der Waals surface area contributed by atoms with Crippen LogP contribution in [-0.2, 0) is 6.18 Å². The molecule has 0 spiro atoms. The quantitative estimate of drug-likeness (QED) is 0.903. The molecule has 3 rings (SSSR count). The van der Waals surface area contributed by atoms with E-state index in [1.54, 1.807) is 11.9 Å². The molecule has 1 saturated heterocycles. The van der Waals surface area contributed by atoms with Crippen LogP contribution in [0.5, 0.6) is 0 Å². The number of aromatic amines is 1. The van der Waals surface area contributed by atoms with Gasteiger partial charge in [-0.15, -0.1) is 0 Å². The molecular formula is C13H13F3N6O. The Bertz CT molecular complexity index is 756. The van der Waals surface area contributed by atoms with Crippen molar-refractivity contribution < 1.29 is 13.2 Å². The van der Waals surface area contributed by atoms with E-state index in [2.05, 4.69) is 20.2 Å². The molecular weight excluding hydrogens is 313 g/mol. The summed E-state index contributed by atoms with van der Waals surface area (Å²) in [7, 11) is 1.65. The predicted molar refractivity (Wildman–Crippen MR) is 76.3 cm³/mol. The average molecular weight is 326 g/mol. The van der Waals surface area contributed by atoms with Crippen molar-refractivity contribution >= 4 is 11.6 Å². The first-order chi connectivity index (χ1) is 10.8. The highest BCUT2D eigenvalue weighted by Crippen LogP contribution is 2.29. The number of anilines is 2. The van der Waals surface area contributed by atoms with Crippen molar-refractivity contribution in [1.82, 2.24) is 20.2 Å². The predicted octanol–water partition coefficient (Wildman–Crippen LogP) is 0.904. The highest BCUT2D eigenvalue weighted by atomic mass is 19.4. The molecule has 2 aromatic rings. The first-order valence-corrected chi connectivity index (χ1v) is 6.77. The zero-order valence-corrected chi connectivity index (χ0v) is 12.1. The molecule has 0 saturated carbocycles. The standard InChI is InChI=1S/C13H13F3N6O/c1-21(12-17-3-2-10(19-12)13(14,15)16)9-6-22(7-9)8-4-11(23)20-18-5-8/h2-5,9H,6-7H2,1H3,(H,20,23). The Morgan fingerprint density at radius 2 is 2.13 bits per heavy atom. The fourth-order valence-corrected chi connectivity index (χ4v) is 2.29. The normalized spacial score (nSPS) is 15.4. The van der Waals surface area contributed by atoms with Gasteiger partial charge in [-0.05, 0) is 6.07 Å². The second-order valence-electron chi connectivity index (χ2n) is 5.21. The number of hydrogen-bond donors (Lipinski definition) is 1. The Morgan fingerprint density at radius 3 is 2.78 bits per heavy atom. The molecule has 122 valence electrons. The van der Waals surface area contributed by atoms with Crippen LogP contribution in [0, 0.1) is 0 Å². The van der Waals surface area contributed by atoms with Crippen molar-refractivity contribution in [3.05, 3.63) is 40.6 Å². The average Bonchev–Trinajstić information content (AvgIpc) is 2.45. The van der Waals surface area contributed by atoms with E-state index < -0.39 is 11.9 Å². The minimum atomic E-state index is -4.50. The molecule has 3 heterocycles. The molecule has 0 radical (unpaired) electrons. The summed E-state index contributed by atoms with van der Waals surface area (Å²) >= 11 is 0. The largest absolute Gasteiger partial charge is 0.433 e. The summed E-state index contributed by atoms with van der Waals surface area (Å²) in [5.74, 6) is 0.0218. The minimum absolute atomic E-state index is 0.0218. The lowest BCUT2D eigenvalue weighted by atomic mass is 10.1. The highest BCUT2D eigenvalue weighted by molar-refractivity contribution is 5.49. The lowest BCUT2D eigenvalue weighted by molar-refractivity contribution is -0.141. The molecule has 0 amide bonds. The summed E-state index contributed by atoms with van der Waals surface area (Å²) in [6.45, 7) is 1.09. The van der Waals surface area contributed by atoms with Gasteiger partial charge >= 0.3 is 6.18 Å². The van der Waals surface area contributed by atoms with Gasteiger partial charge in [0.15, 0.2) is 0 Å². The zero-order chi connectivity index (χ0) is 16.6. The van der Waals surface area contributed by atoms with Crippen LogP contribution in [0.1, 0.15) is 5.69 Å². The molecule has 0 atom stereocenters. The van der Waals surface area contributed by atoms with E-state index in [0.29, 0.717) is 18.8 Å². The maximum absolute atomic E-state index is 12.7. The van der Waals surface area contributed by atoms with Gasteiger partial charge in [0.2, 0.25) is 5.95 Å². The van der Waals surface area contributed by atoms with Gasteiger partial charge < -0.3 is 9.80 Å². The lowest BCUT2D eigenvalue weighted by Gasteiger charge is -2.45. The number of hydrogen-bond acceptors (Lipinski definition) is 6. The van der Waals surface area contributed by atoms with Gasteiger partial charge in [0.05, 0.1) is 17.9 Å². The monoisotopic (exact) mass is 326 g/mol. The van der Waals surface area contributed by atoms with E-state index in [-0.39, 0.29) is 17.5 Å². The van der Waals surface area contributed by atoms with Crippen LogP contribution in [0.2, 0.25) is 0 Å². The van der Waals surface area contributed by atoms with Gasteiger partial charge in [-0.25, -0.2) is 15.1 Å². The number of nitrogens with one attached hydrogen (secondary N) is 1. The van der Waals surface area contributed by atoms with Crippen LogP contribution in [0.3, 0.4) is 0 Å². The molecule has 7 nitrogen and oxygen atoms in total. The van der Waals surface area contributed by atoms with Crippen molar-refractivity contribution in [3.8, 4) is 0 Å². The van der Waals surface area contributed by atoms with Crippen LogP contribution in [0.25, 0.3) is 0 Å².